The SMILES string of the molecule is CC(OC1CC1)C(=O)NC(CCC(=O)C=[N+]=[N-])C(=O)O. The maximum atomic E-state index is 11.7. The van der Waals surface area contributed by atoms with Crippen LogP contribution in [0.4, 0.5) is 0 Å². The number of carboxylic acid groups (broad SMARTS) is 1. The van der Waals surface area contributed by atoms with Crippen LogP contribution in [0.1, 0.15) is 32.6 Å². The maximum absolute atomic E-state index is 11.7. The molecule has 1 rings (SSSR count). The van der Waals surface area contributed by atoms with E-state index in [1.165, 1.54) is 0 Å². The predicted octanol–water partition coefficient (Wildman–Crippen LogP) is -0.227. The standard InChI is InChI=1S/C12H17N3O5/c1-7(20-9-3-4-9)11(17)15-10(12(18)19)5-2-8(16)6-14-13/h6-7,9-10H,2-5H2,1H3,(H,15,17)(H,18,19). The lowest BCUT2D eigenvalue weighted by atomic mass is 10.1. The third kappa shape index (κ3) is 5.73. The molecule has 0 aliphatic heterocycles. The third-order valence-corrected chi connectivity index (χ3v) is 2.79. The van der Waals surface area contributed by atoms with Crippen molar-refractivity contribution in [2.45, 2.75) is 50.9 Å². The number of carbonyl (C=O) groups excluding carboxylic acids is 2. The van der Waals surface area contributed by atoms with Gasteiger partial charge in [0.05, 0.1) is 6.10 Å². The third-order valence-electron chi connectivity index (χ3n) is 2.79. The van der Waals surface area contributed by atoms with Crippen molar-refractivity contribution < 1.29 is 29.0 Å². The molecule has 110 valence electrons. The fraction of sp³-hybridized carbons (Fsp3) is 0.667. The van der Waals surface area contributed by atoms with Gasteiger partial charge >= 0.3 is 12.2 Å². The first-order valence-corrected chi connectivity index (χ1v) is 6.33. The normalized spacial score (nSPS) is 16.6. The highest BCUT2D eigenvalue weighted by atomic mass is 16.5. The van der Waals surface area contributed by atoms with E-state index in [0.717, 1.165) is 12.8 Å². The van der Waals surface area contributed by atoms with Gasteiger partial charge in [-0.05, 0) is 26.2 Å². The molecule has 0 aromatic rings. The summed E-state index contributed by atoms with van der Waals surface area (Å²) in [7, 11) is 0. The molecule has 1 fully saturated rings. The van der Waals surface area contributed by atoms with Gasteiger partial charge in [-0.1, -0.05) is 0 Å². The number of ketones is 1. The van der Waals surface area contributed by atoms with E-state index in [2.05, 4.69) is 10.1 Å². The topological polar surface area (TPSA) is 129 Å². The number of Topliss-reactive ketones (excluding diaryl/α,β-unsaturated/α-hetero) is 1. The minimum atomic E-state index is -1.23. The smallest absolute Gasteiger partial charge is 0.326 e. The molecule has 0 aromatic heterocycles. The molecule has 20 heavy (non-hydrogen) atoms. The summed E-state index contributed by atoms with van der Waals surface area (Å²) in [5.74, 6) is -2.27. The van der Waals surface area contributed by atoms with Gasteiger partial charge in [-0.25, -0.2) is 4.79 Å². The van der Waals surface area contributed by atoms with Gasteiger partial charge in [-0.2, -0.15) is 4.79 Å². The number of amides is 1. The van der Waals surface area contributed by atoms with E-state index in [9.17, 15) is 14.4 Å². The van der Waals surface area contributed by atoms with Gasteiger partial charge in [-0.3, -0.25) is 9.59 Å². The van der Waals surface area contributed by atoms with Gasteiger partial charge in [0.25, 0.3) is 0 Å². The molecule has 1 saturated carbocycles. The summed E-state index contributed by atoms with van der Waals surface area (Å²) >= 11 is 0. The van der Waals surface area contributed by atoms with Crippen LogP contribution in [-0.2, 0) is 19.1 Å². The molecule has 0 radical (unpaired) electrons. The van der Waals surface area contributed by atoms with Gasteiger partial charge in [-0.15, -0.1) is 0 Å². The van der Waals surface area contributed by atoms with Crippen molar-refractivity contribution in [3.05, 3.63) is 5.53 Å². The number of carbonyl (C=O) groups is 3. The minimum absolute atomic E-state index is 0.0813. The summed E-state index contributed by atoms with van der Waals surface area (Å²) in [6.07, 6.45) is 1.66. The molecule has 8 heteroatoms. The predicted molar refractivity (Wildman–Crippen MR) is 67.1 cm³/mol. The Labute approximate surface area is 115 Å². The van der Waals surface area contributed by atoms with Crippen molar-refractivity contribution in [3.8, 4) is 0 Å². The Balaban J connectivity index is 2.44. The molecule has 1 aliphatic carbocycles. The van der Waals surface area contributed by atoms with E-state index in [-0.39, 0.29) is 18.9 Å². The Bertz CT molecular complexity index is 440. The number of carboxylic acids is 1. The van der Waals surface area contributed by atoms with E-state index in [1.54, 1.807) is 6.92 Å². The molecule has 0 heterocycles. The van der Waals surface area contributed by atoms with E-state index in [4.69, 9.17) is 15.4 Å². The maximum Gasteiger partial charge on any atom is 0.326 e. The van der Waals surface area contributed by atoms with Gasteiger partial charge in [0.2, 0.25) is 11.7 Å². The van der Waals surface area contributed by atoms with Crippen molar-refractivity contribution in [2.75, 3.05) is 0 Å². The lowest BCUT2D eigenvalue weighted by molar-refractivity contribution is -0.144. The lowest BCUT2D eigenvalue weighted by Crippen LogP contribution is -2.45. The van der Waals surface area contributed by atoms with Crippen molar-refractivity contribution in [1.82, 2.24) is 5.32 Å². The summed E-state index contributed by atoms with van der Waals surface area (Å²) in [4.78, 5) is 36.4. The van der Waals surface area contributed by atoms with Crippen LogP contribution in [0.5, 0.6) is 0 Å². The number of nitrogens with zero attached hydrogens (tertiary/aromatic N) is 2. The van der Waals surface area contributed by atoms with E-state index in [1.807, 2.05) is 0 Å². The second kappa shape index (κ2) is 7.52. The number of hydrogen-bond donors (Lipinski definition) is 2. The van der Waals surface area contributed by atoms with Crippen LogP contribution in [0, 0.1) is 0 Å². The zero-order chi connectivity index (χ0) is 15.1. The highest BCUT2D eigenvalue weighted by Gasteiger charge is 2.29. The number of rotatable bonds is 9. The van der Waals surface area contributed by atoms with Crippen LogP contribution < -0.4 is 5.32 Å². The highest BCUT2D eigenvalue weighted by molar-refractivity contribution is 6.25. The molecule has 0 aromatic carbocycles. The summed E-state index contributed by atoms with van der Waals surface area (Å²) in [5, 5.41) is 11.3. The van der Waals surface area contributed by atoms with E-state index < -0.39 is 29.8 Å². The van der Waals surface area contributed by atoms with Crippen LogP contribution in [0.15, 0.2) is 0 Å². The molecule has 8 nitrogen and oxygen atoms in total. The highest BCUT2D eigenvalue weighted by Crippen LogP contribution is 2.24. The average molecular weight is 283 g/mol. The van der Waals surface area contributed by atoms with Crippen LogP contribution in [-0.4, -0.2) is 52.0 Å². The van der Waals surface area contributed by atoms with Gasteiger partial charge in [0.1, 0.15) is 12.1 Å². The fourth-order valence-corrected chi connectivity index (χ4v) is 1.52. The Kier molecular flexibility index (Phi) is 6.02. The van der Waals surface area contributed by atoms with Crippen LogP contribution >= 0.6 is 0 Å². The lowest BCUT2D eigenvalue weighted by Gasteiger charge is -2.17. The number of nitrogens with one attached hydrogen (secondary N) is 1. The second-order valence-corrected chi connectivity index (χ2v) is 4.63. The van der Waals surface area contributed by atoms with Gasteiger partial charge in [0.15, 0.2) is 0 Å². The summed E-state index contributed by atoms with van der Waals surface area (Å²) < 4.78 is 5.34. The summed E-state index contributed by atoms with van der Waals surface area (Å²) in [6.45, 7) is 1.55. The minimum Gasteiger partial charge on any atom is -0.480 e. The molecule has 0 bridgehead atoms. The van der Waals surface area contributed by atoms with Crippen LogP contribution in [0.25, 0.3) is 5.53 Å². The van der Waals surface area contributed by atoms with E-state index in [0.29, 0.717) is 6.21 Å². The van der Waals surface area contributed by atoms with Gasteiger partial charge < -0.3 is 20.7 Å². The first kappa shape index (κ1) is 16.0. The Morgan fingerprint density at radius 3 is 2.65 bits per heavy atom. The monoisotopic (exact) mass is 283 g/mol. The molecule has 2 N–H and O–H groups in total. The summed E-state index contributed by atoms with van der Waals surface area (Å²) in [5.41, 5.74) is 8.17. The molecule has 1 amide bonds. The molecule has 2 atom stereocenters. The molecular weight excluding hydrogens is 266 g/mol. The number of ether oxygens (including phenoxy) is 1. The Hall–Kier alpha value is -2.05. The van der Waals surface area contributed by atoms with Gasteiger partial charge in [0, 0.05) is 6.42 Å². The van der Waals surface area contributed by atoms with Crippen molar-refractivity contribution in [2.24, 2.45) is 0 Å². The quantitative estimate of drug-likeness (QED) is 0.343. The number of aliphatic carboxylic acids is 1. The molecular formula is C12H17N3O5. The molecule has 0 saturated heterocycles. The van der Waals surface area contributed by atoms with Crippen molar-refractivity contribution >= 4 is 23.9 Å². The molecule has 0 spiro atoms. The Morgan fingerprint density at radius 1 is 1.50 bits per heavy atom. The average Bonchev–Trinajstić information content (AvgIpc) is 3.17. The van der Waals surface area contributed by atoms with Crippen LogP contribution in [0.2, 0.25) is 0 Å². The van der Waals surface area contributed by atoms with Crippen molar-refractivity contribution in [1.29, 1.82) is 0 Å². The first-order chi connectivity index (χ1) is 9.43. The zero-order valence-electron chi connectivity index (χ0n) is 11.1. The molecule has 2 unspecified atom stereocenters. The van der Waals surface area contributed by atoms with Crippen molar-refractivity contribution in [3.63, 3.8) is 0 Å². The Morgan fingerprint density at radius 2 is 2.15 bits per heavy atom. The number of hydrogen-bond acceptors (Lipinski definition) is 4. The largest absolute Gasteiger partial charge is 0.480 e. The zero-order valence-corrected chi connectivity index (χ0v) is 11.1. The fourth-order valence-electron chi connectivity index (χ4n) is 1.52. The van der Waals surface area contributed by atoms with E-state index >= 15 is 0 Å². The molecule has 1 aliphatic rings. The first-order valence-electron chi connectivity index (χ1n) is 6.33. The summed E-state index contributed by atoms with van der Waals surface area (Å²) in [6, 6.07) is -1.18. The van der Waals surface area contributed by atoms with Crippen LogP contribution in [0.3, 0.4) is 0 Å². The second-order valence-electron chi connectivity index (χ2n) is 4.63.